The molecule has 3 aromatic heterocycles. The molecule has 1 aliphatic carbocycles. The van der Waals surface area contributed by atoms with E-state index in [4.69, 9.17) is 27.1 Å². The smallest absolute Gasteiger partial charge is 0.276 e. The number of hydrogen-bond acceptors (Lipinski definition) is 7. The van der Waals surface area contributed by atoms with Crippen LogP contribution in [0, 0.1) is 6.92 Å². The van der Waals surface area contributed by atoms with Gasteiger partial charge in [0.15, 0.2) is 0 Å². The van der Waals surface area contributed by atoms with Crippen LogP contribution in [0.25, 0.3) is 5.65 Å². The molecule has 3 N–H and O–H groups in total. The Morgan fingerprint density at radius 1 is 1.39 bits per heavy atom. The number of rotatable bonds is 2. The Labute approximate surface area is 200 Å². The molecule has 0 aromatic carbocycles. The highest BCUT2D eigenvalue weighted by Gasteiger charge is 2.57. The van der Waals surface area contributed by atoms with Crippen LogP contribution in [-0.4, -0.2) is 42.7 Å². The Hall–Kier alpha value is -2.78. The Morgan fingerprint density at radius 3 is 3.00 bits per heavy atom. The minimum absolute atomic E-state index is 0.00250. The van der Waals surface area contributed by atoms with Gasteiger partial charge in [-0.1, -0.05) is 11.6 Å². The van der Waals surface area contributed by atoms with Gasteiger partial charge in [0.2, 0.25) is 5.88 Å². The van der Waals surface area contributed by atoms with Gasteiger partial charge in [-0.05, 0) is 51.3 Å². The summed E-state index contributed by atoms with van der Waals surface area (Å²) in [4.78, 5) is 27.1. The number of nitrogens with two attached hydrogens (primary N) is 1. The lowest BCUT2D eigenvalue weighted by atomic mass is 9.88. The van der Waals surface area contributed by atoms with Crippen LogP contribution < -0.4 is 15.8 Å². The molecule has 6 rings (SSSR count). The number of pyridine rings is 2. The number of hydrogen-bond donors (Lipinski definition) is 2. The van der Waals surface area contributed by atoms with Gasteiger partial charge in [0.25, 0.3) is 5.91 Å². The van der Waals surface area contributed by atoms with E-state index in [1.165, 1.54) is 0 Å². The molecular weight excluding hydrogens is 460 g/mol. The number of carbonyl (C=O) groups is 1. The average molecular weight is 483 g/mol. The third-order valence-electron chi connectivity index (χ3n) is 6.83. The molecule has 1 amide bonds. The summed E-state index contributed by atoms with van der Waals surface area (Å²) in [6.45, 7) is 4.50. The SMILES string of the molecule is Cc1c(C(=O)Nc2cnc3c(c2)C2(C)N=C(N)C4(CC4)SC2CCO3)nc2ccc(Cl)cn12. The van der Waals surface area contributed by atoms with E-state index >= 15 is 0 Å². The molecule has 1 saturated carbocycles. The number of aryl methyl sites for hydroxylation is 1. The van der Waals surface area contributed by atoms with Crippen molar-refractivity contribution in [2.24, 2.45) is 10.7 Å². The number of halogens is 1. The maximum Gasteiger partial charge on any atom is 0.276 e. The molecule has 1 fully saturated rings. The zero-order chi connectivity index (χ0) is 23.0. The van der Waals surface area contributed by atoms with E-state index in [0.29, 0.717) is 46.1 Å². The van der Waals surface area contributed by atoms with Crippen molar-refractivity contribution in [3.8, 4) is 5.88 Å². The molecule has 0 saturated heterocycles. The summed E-state index contributed by atoms with van der Waals surface area (Å²) in [7, 11) is 0. The number of ether oxygens (including phenoxy) is 1. The molecule has 3 aromatic rings. The minimum atomic E-state index is -0.572. The second-order valence-corrected chi connectivity index (χ2v) is 11.1. The Kier molecular flexibility index (Phi) is 4.48. The first-order chi connectivity index (χ1) is 15.8. The summed E-state index contributed by atoms with van der Waals surface area (Å²) in [6, 6.07) is 5.44. The average Bonchev–Trinajstić information content (AvgIpc) is 3.51. The summed E-state index contributed by atoms with van der Waals surface area (Å²) in [6.07, 6.45) is 6.36. The van der Waals surface area contributed by atoms with Gasteiger partial charge in [-0.15, -0.1) is 11.8 Å². The summed E-state index contributed by atoms with van der Waals surface area (Å²) < 4.78 is 7.77. The van der Waals surface area contributed by atoms with E-state index in [2.05, 4.69) is 22.2 Å². The number of amidine groups is 1. The third-order valence-corrected chi connectivity index (χ3v) is 9.10. The first-order valence-corrected chi connectivity index (χ1v) is 12.2. The fraction of sp³-hybridized carbons (Fsp3) is 0.391. The molecule has 0 radical (unpaired) electrons. The maximum absolute atomic E-state index is 13.1. The van der Waals surface area contributed by atoms with Crippen molar-refractivity contribution in [2.45, 2.75) is 48.6 Å². The third kappa shape index (κ3) is 3.20. The summed E-state index contributed by atoms with van der Waals surface area (Å²) in [5, 5.41) is 3.75. The predicted molar refractivity (Wildman–Crippen MR) is 130 cm³/mol. The number of anilines is 1. The number of thioether (sulfide) groups is 1. The lowest BCUT2D eigenvalue weighted by Crippen LogP contribution is -2.45. The molecular formula is C23H23ClN6O2S. The largest absolute Gasteiger partial charge is 0.477 e. The van der Waals surface area contributed by atoms with Gasteiger partial charge in [0.1, 0.15) is 22.7 Å². The lowest BCUT2D eigenvalue weighted by Gasteiger charge is -2.40. The van der Waals surface area contributed by atoms with Crippen molar-refractivity contribution in [2.75, 3.05) is 11.9 Å². The van der Waals surface area contributed by atoms with Crippen LogP contribution >= 0.6 is 23.4 Å². The molecule has 2 unspecified atom stereocenters. The van der Waals surface area contributed by atoms with Crippen molar-refractivity contribution in [3.05, 3.63) is 52.6 Å². The number of nitrogens with zero attached hydrogens (tertiary/aromatic N) is 4. The number of aliphatic imine (C=N–C) groups is 1. The van der Waals surface area contributed by atoms with Crippen LogP contribution in [0.3, 0.4) is 0 Å². The van der Waals surface area contributed by atoms with E-state index in [0.717, 1.165) is 24.8 Å². The van der Waals surface area contributed by atoms with Gasteiger partial charge < -0.3 is 20.2 Å². The van der Waals surface area contributed by atoms with E-state index in [1.807, 2.05) is 24.8 Å². The van der Waals surface area contributed by atoms with Crippen LogP contribution in [0.5, 0.6) is 5.88 Å². The predicted octanol–water partition coefficient (Wildman–Crippen LogP) is 3.95. The summed E-state index contributed by atoms with van der Waals surface area (Å²) in [5.41, 5.74) is 8.94. The number of imidazole rings is 1. The van der Waals surface area contributed by atoms with Crippen LogP contribution in [0.2, 0.25) is 5.02 Å². The molecule has 170 valence electrons. The molecule has 2 aliphatic heterocycles. The zero-order valence-corrected chi connectivity index (χ0v) is 19.8. The number of aromatic nitrogens is 3. The van der Waals surface area contributed by atoms with Crippen molar-refractivity contribution < 1.29 is 9.53 Å². The van der Waals surface area contributed by atoms with Crippen molar-refractivity contribution in [1.29, 1.82) is 0 Å². The van der Waals surface area contributed by atoms with Crippen LogP contribution in [0.4, 0.5) is 5.69 Å². The van der Waals surface area contributed by atoms with E-state index in [9.17, 15) is 4.79 Å². The van der Waals surface area contributed by atoms with Gasteiger partial charge in [-0.25, -0.2) is 9.97 Å². The molecule has 1 spiro atoms. The molecule has 5 heterocycles. The lowest BCUT2D eigenvalue weighted by molar-refractivity contribution is 0.102. The molecule has 33 heavy (non-hydrogen) atoms. The highest BCUT2D eigenvalue weighted by Crippen LogP contribution is 2.59. The molecule has 3 aliphatic rings. The van der Waals surface area contributed by atoms with E-state index < -0.39 is 5.54 Å². The van der Waals surface area contributed by atoms with Crippen molar-refractivity contribution in [3.63, 3.8) is 0 Å². The van der Waals surface area contributed by atoms with Crippen LogP contribution in [0.1, 0.15) is 47.9 Å². The first kappa shape index (κ1) is 20.8. The Balaban J connectivity index is 1.36. The number of amides is 1. The normalized spacial score (nSPS) is 24.9. The number of nitrogens with one attached hydrogen (secondary N) is 1. The highest BCUT2D eigenvalue weighted by molar-refractivity contribution is 8.02. The second-order valence-electron chi connectivity index (χ2n) is 9.03. The molecule has 2 atom stereocenters. The zero-order valence-electron chi connectivity index (χ0n) is 18.3. The highest BCUT2D eigenvalue weighted by atomic mass is 35.5. The fourth-order valence-electron chi connectivity index (χ4n) is 4.74. The molecule has 8 nitrogen and oxygen atoms in total. The van der Waals surface area contributed by atoms with Gasteiger partial charge in [-0.2, -0.15) is 0 Å². The first-order valence-electron chi connectivity index (χ1n) is 10.9. The summed E-state index contributed by atoms with van der Waals surface area (Å²) >= 11 is 8.02. The molecule has 10 heteroatoms. The Morgan fingerprint density at radius 2 is 2.21 bits per heavy atom. The summed E-state index contributed by atoms with van der Waals surface area (Å²) in [5.74, 6) is 0.927. The van der Waals surface area contributed by atoms with Crippen LogP contribution in [-0.2, 0) is 5.54 Å². The monoisotopic (exact) mass is 482 g/mol. The molecule has 0 bridgehead atoms. The van der Waals surface area contributed by atoms with Gasteiger partial charge >= 0.3 is 0 Å². The van der Waals surface area contributed by atoms with Gasteiger partial charge in [0.05, 0.1) is 34.0 Å². The standard InChI is InChI=1S/C23H23ClN6O2S/c1-12-18(28-17-4-3-13(24)11-30(12)17)19(31)27-14-9-15-20(26-10-14)32-8-5-16-22(15,2)29-21(25)23(33-16)6-7-23/h3-4,9-11,16H,5-8H2,1-2H3,(H2,25,29)(H,27,31). The van der Waals surface area contributed by atoms with Crippen molar-refractivity contribution in [1.82, 2.24) is 14.4 Å². The second kappa shape index (κ2) is 7.11. The van der Waals surface area contributed by atoms with Crippen LogP contribution in [0.15, 0.2) is 35.6 Å². The van der Waals surface area contributed by atoms with Gasteiger partial charge in [0, 0.05) is 17.0 Å². The minimum Gasteiger partial charge on any atom is -0.477 e. The van der Waals surface area contributed by atoms with E-state index in [1.54, 1.807) is 28.9 Å². The fourth-order valence-corrected chi connectivity index (χ4v) is 6.57. The van der Waals surface area contributed by atoms with E-state index in [-0.39, 0.29) is 15.9 Å². The topological polar surface area (TPSA) is 107 Å². The van der Waals surface area contributed by atoms with Crippen molar-refractivity contribution >= 4 is 46.4 Å². The quantitative estimate of drug-likeness (QED) is 0.572. The van der Waals surface area contributed by atoms with Gasteiger partial charge in [-0.3, -0.25) is 9.79 Å². The number of fused-ring (bicyclic) bond motifs is 4. The Bertz CT molecular complexity index is 1350. The number of carbonyl (C=O) groups excluding carboxylic acids is 1. The maximum atomic E-state index is 13.1.